The highest BCUT2D eigenvalue weighted by atomic mass is 16.5. The fraction of sp³-hybridized carbons (Fsp3) is 0.518. The molecule has 13 heteroatoms. The number of carbonyl (C=O) groups excluding carboxylic acids is 4. The first-order valence-corrected chi connectivity index (χ1v) is 25.4. The van der Waals surface area contributed by atoms with Crippen LogP contribution in [0.4, 0.5) is 4.79 Å². The minimum Gasteiger partial charge on any atom is -0.469 e. The van der Waals surface area contributed by atoms with Gasteiger partial charge in [-0.25, -0.2) is 9.78 Å². The van der Waals surface area contributed by atoms with Gasteiger partial charge in [0.15, 0.2) is 0 Å². The number of aromatic nitrogens is 2. The third kappa shape index (κ3) is 9.50. The number of benzene rings is 3. The zero-order chi connectivity index (χ0) is 48.6. The van der Waals surface area contributed by atoms with Crippen LogP contribution in [0.3, 0.4) is 0 Å². The van der Waals surface area contributed by atoms with Gasteiger partial charge in [0.25, 0.3) is 5.56 Å². The second-order valence-electron chi connectivity index (χ2n) is 20.8. The average Bonchev–Trinajstić information content (AvgIpc) is 4.21. The smallest absolute Gasteiger partial charge is 0.407 e. The van der Waals surface area contributed by atoms with E-state index in [4.69, 9.17) is 19.5 Å². The number of fused-ring (bicyclic) bond motifs is 2. The number of hydrogen-bond donors (Lipinski definition) is 2. The lowest BCUT2D eigenvalue weighted by Crippen LogP contribution is -2.51. The number of aliphatic imine (C=N–C) groups is 1. The summed E-state index contributed by atoms with van der Waals surface area (Å²) in [5, 5.41) is 3.25. The van der Waals surface area contributed by atoms with Gasteiger partial charge in [0.1, 0.15) is 11.9 Å². The SMILES string of the molecule is CCC(C)[C@H](NC(=O)OC)C(=O)N1CCC[C@H]1c1nc2ccc(-c3ccc(-c4ccc(C5=CN=C([C@@H]6CCCN6C(=O)[C@@H](CC(=O)OC)C(C)C)C5)cc4)c4c3CC3(CCCCC3)C4)cc2c(=O)[nH]1. The first-order valence-electron chi connectivity index (χ1n) is 25.4. The van der Waals surface area contributed by atoms with Crippen LogP contribution in [0.25, 0.3) is 38.7 Å². The van der Waals surface area contributed by atoms with Gasteiger partial charge in [0, 0.05) is 31.4 Å². The number of aromatic amines is 1. The van der Waals surface area contributed by atoms with Crippen LogP contribution in [0.5, 0.6) is 0 Å². The van der Waals surface area contributed by atoms with E-state index >= 15 is 0 Å². The molecule has 3 fully saturated rings. The zero-order valence-corrected chi connectivity index (χ0v) is 41.2. The van der Waals surface area contributed by atoms with Crippen molar-refractivity contribution in [3.63, 3.8) is 0 Å². The van der Waals surface area contributed by atoms with E-state index in [1.54, 1.807) is 4.90 Å². The first kappa shape index (κ1) is 47.9. The summed E-state index contributed by atoms with van der Waals surface area (Å²) in [6, 6.07) is 18.2. The van der Waals surface area contributed by atoms with Crippen LogP contribution >= 0.6 is 0 Å². The highest BCUT2D eigenvalue weighted by Crippen LogP contribution is 2.52. The summed E-state index contributed by atoms with van der Waals surface area (Å²) in [7, 11) is 2.66. The molecule has 1 aromatic heterocycles. The van der Waals surface area contributed by atoms with Crippen molar-refractivity contribution in [2.75, 3.05) is 27.3 Å². The Hall–Kier alpha value is -6.11. The number of carbonyl (C=O) groups is 4. The lowest BCUT2D eigenvalue weighted by atomic mass is 9.72. The van der Waals surface area contributed by atoms with Crippen molar-refractivity contribution in [1.29, 1.82) is 0 Å². The van der Waals surface area contributed by atoms with E-state index in [-0.39, 0.29) is 53.1 Å². The quantitative estimate of drug-likeness (QED) is 0.125. The normalized spacial score (nSPS) is 21.0. The van der Waals surface area contributed by atoms with Crippen molar-refractivity contribution < 1.29 is 28.7 Å². The number of allylic oxidation sites excluding steroid dienone is 1. The molecule has 0 bridgehead atoms. The largest absolute Gasteiger partial charge is 0.469 e. The number of amides is 3. The topological polar surface area (TPSA) is 163 Å². The molecule has 5 aliphatic rings. The van der Waals surface area contributed by atoms with Crippen LogP contribution in [-0.2, 0) is 36.7 Å². The van der Waals surface area contributed by atoms with Gasteiger partial charge in [-0.2, -0.15) is 0 Å². The van der Waals surface area contributed by atoms with E-state index in [1.165, 1.54) is 68.6 Å². The van der Waals surface area contributed by atoms with E-state index in [0.29, 0.717) is 49.1 Å². The third-order valence-corrected chi connectivity index (χ3v) is 16.3. The van der Waals surface area contributed by atoms with Crippen molar-refractivity contribution in [1.82, 2.24) is 25.1 Å². The van der Waals surface area contributed by atoms with Crippen LogP contribution in [0.15, 0.2) is 70.6 Å². The van der Waals surface area contributed by atoms with Gasteiger partial charge in [0.2, 0.25) is 11.8 Å². The molecule has 13 nitrogen and oxygen atoms in total. The summed E-state index contributed by atoms with van der Waals surface area (Å²) in [6.07, 6.45) is 14.2. The van der Waals surface area contributed by atoms with Gasteiger partial charge in [0.05, 0.1) is 49.5 Å². The summed E-state index contributed by atoms with van der Waals surface area (Å²) in [4.78, 5) is 82.9. The molecule has 69 heavy (non-hydrogen) atoms. The lowest BCUT2D eigenvalue weighted by molar-refractivity contribution is -0.148. The molecule has 3 amide bonds. The Morgan fingerprint density at radius 2 is 1.43 bits per heavy atom. The van der Waals surface area contributed by atoms with Crippen LogP contribution in [0.1, 0.15) is 133 Å². The van der Waals surface area contributed by atoms with Crippen molar-refractivity contribution >= 4 is 46.1 Å². The standard InChI is InChI=1S/C56H68N6O7/c1-7-34(4)50(59-55(67)69-6)54(66)62-26-12-14-48(62)51-58-45-22-19-37(27-42(45)52(64)60-51)40-21-20-39(43-30-56(31-44(40)43)23-9-8-10-24-56)36-17-15-35(16-18-36)38-28-46(57-32-38)47-13-11-25-61(47)53(65)41(33(2)3)29-49(63)68-5/h15-22,27,32-34,41,47-48,50H,7-14,23-26,28-31H2,1-6H3,(H,59,67)(H,58,60,64)/t34?,41-,47-,48-,50-/m0/s1. The summed E-state index contributed by atoms with van der Waals surface area (Å²) in [5.74, 6) is -0.612. The highest BCUT2D eigenvalue weighted by molar-refractivity contribution is 6.03. The Bertz CT molecular complexity index is 2750. The Kier molecular flexibility index (Phi) is 14.0. The number of esters is 1. The average molecular weight is 937 g/mol. The molecule has 364 valence electrons. The maximum atomic E-state index is 14.0. The fourth-order valence-corrected chi connectivity index (χ4v) is 12.1. The first-order chi connectivity index (χ1) is 33.3. The summed E-state index contributed by atoms with van der Waals surface area (Å²) < 4.78 is 9.77. The molecule has 1 spiro atoms. The predicted octanol–water partition coefficient (Wildman–Crippen LogP) is 9.75. The molecule has 3 aromatic carbocycles. The molecule has 4 aromatic rings. The van der Waals surface area contributed by atoms with E-state index in [9.17, 15) is 24.0 Å². The van der Waals surface area contributed by atoms with Gasteiger partial charge < -0.3 is 29.6 Å². The molecular formula is C56H68N6O7. The van der Waals surface area contributed by atoms with Crippen LogP contribution < -0.4 is 10.9 Å². The van der Waals surface area contributed by atoms with E-state index in [2.05, 4.69) is 52.8 Å². The van der Waals surface area contributed by atoms with Gasteiger partial charge in [-0.1, -0.05) is 95.8 Å². The Morgan fingerprint density at radius 3 is 2.09 bits per heavy atom. The molecule has 0 radical (unpaired) electrons. The van der Waals surface area contributed by atoms with Crippen molar-refractivity contribution in [2.45, 2.75) is 136 Å². The summed E-state index contributed by atoms with van der Waals surface area (Å²) >= 11 is 0. The summed E-state index contributed by atoms with van der Waals surface area (Å²) in [5.41, 5.74) is 11.2. The van der Waals surface area contributed by atoms with Crippen LogP contribution in [-0.4, -0.2) is 88.7 Å². The number of likely N-dealkylation sites (tertiary alicyclic amines) is 2. The molecule has 2 aliphatic carbocycles. The van der Waals surface area contributed by atoms with Crippen molar-refractivity contribution in [3.8, 4) is 22.3 Å². The number of nitrogens with zero attached hydrogens (tertiary/aromatic N) is 4. The molecule has 4 heterocycles. The number of ether oxygens (including phenoxy) is 2. The summed E-state index contributed by atoms with van der Waals surface area (Å²) in [6.45, 7) is 9.07. The van der Waals surface area contributed by atoms with Crippen LogP contribution in [0, 0.1) is 23.2 Å². The minimum atomic E-state index is -0.753. The van der Waals surface area contributed by atoms with Gasteiger partial charge in [-0.15, -0.1) is 0 Å². The fourth-order valence-electron chi connectivity index (χ4n) is 12.1. The molecule has 5 atom stereocenters. The second-order valence-corrected chi connectivity index (χ2v) is 20.8. The predicted molar refractivity (Wildman–Crippen MR) is 268 cm³/mol. The molecule has 3 aliphatic heterocycles. The molecule has 9 rings (SSSR count). The third-order valence-electron chi connectivity index (χ3n) is 16.3. The Labute approximate surface area is 405 Å². The zero-order valence-electron chi connectivity index (χ0n) is 41.2. The Balaban J connectivity index is 0.955. The van der Waals surface area contributed by atoms with E-state index in [0.717, 1.165) is 60.1 Å². The van der Waals surface area contributed by atoms with Crippen LogP contribution in [0.2, 0.25) is 0 Å². The van der Waals surface area contributed by atoms with E-state index < -0.39 is 24.1 Å². The van der Waals surface area contributed by atoms with Gasteiger partial charge >= 0.3 is 12.1 Å². The molecule has 2 saturated heterocycles. The number of H-pyrrole nitrogens is 1. The molecule has 2 N–H and O–H groups in total. The molecular weight excluding hydrogens is 869 g/mol. The molecule has 1 saturated carbocycles. The highest BCUT2D eigenvalue weighted by Gasteiger charge is 2.42. The number of hydrogen-bond acceptors (Lipinski definition) is 9. The van der Waals surface area contributed by atoms with E-state index in [1.807, 2.05) is 50.9 Å². The van der Waals surface area contributed by atoms with Crippen molar-refractivity contribution in [3.05, 3.63) is 93.7 Å². The van der Waals surface area contributed by atoms with Crippen molar-refractivity contribution in [2.24, 2.45) is 28.2 Å². The lowest BCUT2D eigenvalue weighted by Gasteiger charge is -2.33. The van der Waals surface area contributed by atoms with Gasteiger partial charge in [-0.3, -0.25) is 24.2 Å². The maximum absolute atomic E-state index is 14.0. The maximum Gasteiger partial charge on any atom is 0.407 e. The number of methoxy groups -OCH3 is 2. The van der Waals surface area contributed by atoms with Gasteiger partial charge in [-0.05, 0) is 125 Å². The number of alkyl carbamates (subject to hydrolysis) is 1. The Morgan fingerprint density at radius 1 is 0.797 bits per heavy atom. The number of rotatable bonds is 13. The number of nitrogens with one attached hydrogen (secondary N) is 2. The molecule has 1 unspecified atom stereocenters. The monoisotopic (exact) mass is 937 g/mol. The minimum absolute atomic E-state index is 0.0122. The second kappa shape index (κ2) is 20.1.